The van der Waals surface area contributed by atoms with E-state index in [0.29, 0.717) is 11.6 Å². The molecule has 0 atom stereocenters. The third kappa shape index (κ3) is 2.87. The second-order valence-electron chi connectivity index (χ2n) is 3.81. The van der Waals surface area contributed by atoms with E-state index < -0.39 is 0 Å². The van der Waals surface area contributed by atoms with Gasteiger partial charge in [-0.2, -0.15) is 0 Å². The standard InChI is InChI=1S/C10H15BrN2O/c1-7(2)6-13(3)10(14)9-4-8(11)5-12-9/h4-5,7,12H,6H2,1-3H3. The summed E-state index contributed by atoms with van der Waals surface area (Å²) in [6.07, 6.45) is 1.76. The number of carbonyl (C=O) groups is 1. The van der Waals surface area contributed by atoms with Crippen LogP contribution in [-0.2, 0) is 0 Å². The number of hydrogen-bond acceptors (Lipinski definition) is 1. The van der Waals surface area contributed by atoms with Crippen LogP contribution in [0, 0.1) is 5.92 Å². The summed E-state index contributed by atoms with van der Waals surface area (Å²) in [4.78, 5) is 16.4. The molecule has 78 valence electrons. The smallest absolute Gasteiger partial charge is 0.270 e. The average Bonchev–Trinajstić information content (AvgIpc) is 2.49. The molecule has 0 aromatic carbocycles. The molecule has 0 aliphatic carbocycles. The molecule has 0 radical (unpaired) electrons. The van der Waals surface area contributed by atoms with Gasteiger partial charge in [0.2, 0.25) is 0 Å². The van der Waals surface area contributed by atoms with Crippen molar-refractivity contribution < 1.29 is 4.79 Å². The molecule has 0 bridgehead atoms. The predicted molar refractivity (Wildman–Crippen MR) is 60.3 cm³/mol. The summed E-state index contributed by atoms with van der Waals surface area (Å²) in [6.45, 7) is 4.96. The monoisotopic (exact) mass is 258 g/mol. The lowest BCUT2D eigenvalue weighted by Gasteiger charge is -2.18. The highest BCUT2D eigenvalue weighted by molar-refractivity contribution is 9.10. The van der Waals surface area contributed by atoms with Gasteiger partial charge in [-0.1, -0.05) is 13.8 Å². The van der Waals surface area contributed by atoms with Gasteiger partial charge in [-0.05, 0) is 27.9 Å². The molecule has 1 aromatic heterocycles. The molecule has 0 saturated carbocycles. The first-order valence-corrected chi connectivity index (χ1v) is 5.39. The van der Waals surface area contributed by atoms with Gasteiger partial charge in [0, 0.05) is 24.3 Å². The Kier molecular flexibility index (Phi) is 3.75. The van der Waals surface area contributed by atoms with Crippen molar-refractivity contribution in [1.29, 1.82) is 0 Å². The lowest BCUT2D eigenvalue weighted by molar-refractivity contribution is 0.0774. The Morgan fingerprint density at radius 3 is 2.71 bits per heavy atom. The van der Waals surface area contributed by atoms with E-state index in [9.17, 15) is 4.79 Å². The largest absolute Gasteiger partial charge is 0.356 e. The van der Waals surface area contributed by atoms with Gasteiger partial charge in [0.25, 0.3) is 5.91 Å². The van der Waals surface area contributed by atoms with Gasteiger partial charge in [-0.15, -0.1) is 0 Å². The average molecular weight is 259 g/mol. The van der Waals surface area contributed by atoms with Crippen LogP contribution in [0.1, 0.15) is 24.3 Å². The number of hydrogen-bond donors (Lipinski definition) is 1. The van der Waals surface area contributed by atoms with Crippen LogP contribution in [0.2, 0.25) is 0 Å². The van der Waals surface area contributed by atoms with Crippen molar-refractivity contribution in [2.75, 3.05) is 13.6 Å². The quantitative estimate of drug-likeness (QED) is 0.889. The highest BCUT2D eigenvalue weighted by Gasteiger charge is 2.13. The van der Waals surface area contributed by atoms with Crippen molar-refractivity contribution >= 4 is 21.8 Å². The summed E-state index contributed by atoms with van der Waals surface area (Å²) in [5.74, 6) is 0.520. The summed E-state index contributed by atoms with van der Waals surface area (Å²) in [7, 11) is 1.82. The molecule has 1 heterocycles. The molecule has 0 aliphatic rings. The first-order chi connectivity index (χ1) is 6.50. The Morgan fingerprint density at radius 1 is 1.64 bits per heavy atom. The van der Waals surface area contributed by atoms with Gasteiger partial charge < -0.3 is 9.88 Å². The number of carbonyl (C=O) groups excluding carboxylic acids is 1. The van der Waals surface area contributed by atoms with Gasteiger partial charge in [-0.25, -0.2) is 0 Å². The highest BCUT2D eigenvalue weighted by Crippen LogP contribution is 2.12. The second-order valence-corrected chi connectivity index (χ2v) is 4.73. The number of rotatable bonds is 3. The summed E-state index contributed by atoms with van der Waals surface area (Å²) in [5.41, 5.74) is 0.625. The molecule has 14 heavy (non-hydrogen) atoms. The second kappa shape index (κ2) is 4.64. The number of amides is 1. The van der Waals surface area contributed by atoms with Gasteiger partial charge in [-0.3, -0.25) is 4.79 Å². The first-order valence-electron chi connectivity index (χ1n) is 4.60. The fourth-order valence-electron chi connectivity index (χ4n) is 1.33. The van der Waals surface area contributed by atoms with Gasteiger partial charge in [0.1, 0.15) is 5.69 Å². The van der Waals surface area contributed by atoms with Crippen molar-refractivity contribution in [2.45, 2.75) is 13.8 Å². The number of H-pyrrole nitrogens is 1. The summed E-state index contributed by atoms with van der Waals surface area (Å²) in [6, 6.07) is 1.79. The van der Waals surface area contributed by atoms with Crippen LogP contribution in [0.3, 0.4) is 0 Å². The minimum atomic E-state index is 0.0319. The van der Waals surface area contributed by atoms with Gasteiger partial charge in [0.15, 0.2) is 0 Å². The number of aromatic amines is 1. The lowest BCUT2D eigenvalue weighted by Crippen LogP contribution is -2.30. The van der Waals surface area contributed by atoms with E-state index in [1.54, 1.807) is 17.2 Å². The number of aromatic nitrogens is 1. The lowest BCUT2D eigenvalue weighted by atomic mass is 10.2. The third-order valence-corrected chi connectivity index (χ3v) is 2.32. The van der Waals surface area contributed by atoms with Crippen molar-refractivity contribution in [2.24, 2.45) is 5.92 Å². The maximum Gasteiger partial charge on any atom is 0.270 e. The molecule has 3 nitrogen and oxygen atoms in total. The van der Waals surface area contributed by atoms with E-state index >= 15 is 0 Å². The third-order valence-electron chi connectivity index (χ3n) is 1.86. The molecule has 1 amide bonds. The van der Waals surface area contributed by atoms with Crippen LogP contribution in [-0.4, -0.2) is 29.4 Å². The fraction of sp³-hybridized carbons (Fsp3) is 0.500. The maximum atomic E-state index is 11.8. The highest BCUT2D eigenvalue weighted by atomic mass is 79.9. The Balaban J connectivity index is 2.65. The molecule has 0 saturated heterocycles. The molecule has 0 aliphatic heterocycles. The normalized spacial score (nSPS) is 10.6. The Morgan fingerprint density at radius 2 is 2.29 bits per heavy atom. The van der Waals surface area contributed by atoms with Crippen LogP contribution < -0.4 is 0 Å². The van der Waals surface area contributed by atoms with Crippen LogP contribution >= 0.6 is 15.9 Å². The van der Waals surface area contributed by atoms with E-state index in [4.69, 9.17) is 0 Å². The van der Waals surface area contributed by atoms with Crippen LogP contribution in [0.5, 0.6) is 0 Å². The van der Waals surface area contributed by atoms with Crippen molar-refractivity contribution in [3.05, 3.63) is 22.4 Å². The van der Waals surface area contributed by atoms with Crippen LogP contribution in [0.4, 0.5) is 0 Å². The van der Waals surface area contributed by atoms with Crippen molar-refractivity contribution in [3.63, 3.8) is 0 Å². The van der Waals surface area contributed by atoms with E-state index in [0.717, 1.165) is 11.0 Å². The Bertz CT molecular complexity index is 320. The van der Waals surface area contributed by atoms with Crippen LogP contribution in [0.15, 0.2) is 16.7 Å². The number of nitrogens with one attached hydrogen (secondary N) is 1. The topological polar surface area (TPSA) is 36.1 Å². The van der Waals surface area contributed by atoms with Gasteiger partial charge in [0.05, 0.1) is 0 Å². The minimum Gasteiger partial charge on any atom is -0.356 e. The van der Waals surface area contributed by atoms with Crippen LogP contribution in [0.25, 0.3) is 0 Å². The molecule has 1 N–H and O–H groups in total. The number of halogens is 1. The summed E-state index contributed by atoms with van der Waals surface area (Å²) in [5, 5.41) is 0. The Hall–Kier alpha value is -0.770. The van der Waals surface area contributed by atoms with E-state index in [1.807, 2.05) is 7.05 Å². The summed E-state index contributed by atoms with van der Waals surface area (Å²) < 4.78 is 0.902. The molecule has 0 unspecified atom stereocenters. The SMILES string of the molecule is CC(C)CN(C)C(=O)c1cc(Br)c[nH]1. The molecule has 0 fully saturated rings. The molecule has 4 heteroatoms. The zero-order valence-corrected chi connectivity index (χ0v) is 10.3. The molecule has 1 rings (SSSR count). The maximum absolute atomic E-state index is 11.8. The zero-order chi connectivity index (χ0) is 10.7. The number of nitrogens with zero attached hydrogens (tertiary/aromatic N) is 1. The first kappa shape index (κ1) is 11.3. The molecular weight excluding hydrogens is 244 g/mol. The summed E-state index contributed by atoms with van der Waals surface area (Å²) >= 11 is 3.30. The fourth-order valence-corrected chi connectivity index (χ4v) is 1.67. The van der Waals surface area contributed by atoms with E-state index in [2.05, 4.69) is 34.8 Å². The van der Waals surface area contributed by atoms with Gasteiger partial charge >= 0.3 is 0 Å². The van der Waals surface area contributed by atoms with E-state index in [-0.39, 0.29) is 5.91 Å². The zero-order valence-electron chi connectivity index (χ0n) is 8.67. The minimum absolute atomic E-state index is 0.0319. The molecular formula is C10H15BrN2O. The molecule has 1 aromatic rings. The Labute approximate surface area is 92.6 Å². The van der Waals surface area contributed by atoms with Crippen molar-refractivity contribution in [1.82, 2.24) is 9.88 Å². The van der Waals surface area contributed by atoms with E-state index in [1.165, 1.54) is 0 Å². The molecule has 0 spiro atoms. The predicted octanol–water partition coefficient (Wildman–Crippen LogP) is 2.51. The van der Waals surface area contributed by atoms with Crippen molar-refractivity contribution in [3.8, 4) is 0 Å².